The molecule has 0 amide bonds. The fraction of sp³-hybridized carbons (Fsp3) is 0.786. The first-order valence-electron chi connectivity index (χ1n) is 7.11. The molecule has 4 heteroatoms. The van der Waals surface area contributed by atoms with E-state index in [1.807, 2.05) is 11.8 Å². The van der Waals surface area contributed by atoms with Crippen LogP contribution in [0.5, 0.6) is 0 Å². The van der Waals surface area contributed by atoms with Crippen LogP contribution >= 0.6 is 11.8 Å². The van der Waals surface area contributed by atoms with Crippen LogP contribution in [0.25, 0.3) is 0 Å². The summed E-state index contributed by atoms with van der Waals surface area (Å²) in [5.41, 5.74) is 7.43. The SMILES string of the molecule is CCCCn1c(C2CC2)nc(CCCSC)c1N. The third-order valence-electron chi connectivity index (χ3n) is 3.55. The summed E-state index contributed by atoms with van der Waals surface area (Å²) in [6, 6.07) is 0. The smallest absolute Gasteiger partial charge is 0.126 e. The maximum absolute atomic E-state index is 6.29. The van der Waals surface area contributed by atoms with Gasteiger partial charge in [-0.15, -0.1) is 0 Å². The van der Waals surface area contributed by atoms with Gasteiger partial charge in [0.25, 0.3) is 0 Å². The van der Waals surface area contributed by atoms with Crippen molar-refractivity contribution in [2.24, 2.45) is 0 Å². The van der Waals surface area contributed by atoms with Crippen LogP contribution in [-0.4, -0.2) is 21.6 Å². The summed E-state index contributed by atoms with van der Waals surface area (Å²) in [5, 5.41) is 0. The van der Waals surface area contributed by atoms with E-state index in [1.165, 1.54) is 43.7 Å². The lowest BCUT2D eigenvalue weighted by molar-refractivity contribution is 0.609. The van der Waals surface area contributed by atoms with Crippen LogP contribution in [0.2, 0.25) is 0 Å². The monoisotopic (exact) mass is 267 g/mol. The molecule has 1 aliphatic rings. The Hall–Kier alpha value is -0.640. The summed E-state index contributed by atoms with van der Waals surface area (Å²) < 4.78 is 2.29. The predicted octanol–water partition coefficient (Wildman–Crippen LogP) is 3.44. The van der Waals surface area contributed by atoms with Crippen molar-refractivity contribution in [3.8, 4) is 0 Å². The molecular formula is C14H25N3S. The Morgan fingerprint density at radius 1 is 1.39 bits per heavy atom. The quantitative estimate of drug-likeness (QED) is 0.734. The summed E-state index contributed by atoms with van der Waals surface area (Å²) in [6.45, 7) is 3.27. The molecule has 2 rings (SSSR count). The van der Waals surface area contributed by atoms with Crippen LogP contribution in [0.15, 0.2) is 0 Å². The van der Waals surface area contributed by atoms with Crippen LogP contribution in [0, 0.1) is 0 Å². The molecule has 1 fully saturated rings. The third-order valence-corrected chi connectivity index (χ3v) is 4.25. The maximum atomic E-state index is 6.29. The molecule has 18 heavy (non-hydrogen) atoms. The summed E-state index contributed by atoms with van der Waals surface area (Å²) in [6.07, 6.45) is 9.37. The molecular weight excluding hydrogens is 242 g/mol. The van der Waals surface area contributed by atoms with Gasteiger partial charge in [0, 0.05) is 12.5 Å². The Kier molecular flexibility index (Phi) is 4.98. The normalized spacial score (nSPS) is 15.2. The fourth-order valence-electron chi connectivity index (χ4n) is 2.31. The van der Waals surface area contributed by atoms with Crippen molar-refractivity contribution in [1.82, 2.24) is 9.55 Å². The molecule has 0 aromatic carbocycles. The van der Waals surface area contributed by atoms with Crippen molar-refractivity contribution >= 4 is 17.6 Å². The van der Waals surface area contributed by atoms with Gasteiger partial charge in [0.05, 0.1) is 5.69 Å². The molecule has 0 radical (unpaired) electrons. The molecule has 3 nitrogen and oxygen atoms in total. The van der Waals surface area contributed by atoms with Crippen LogP contribution in [-0.2, 0) is 13.0 Å². The minimum atomic E-state index is 0.693. The van der Waals surface area contributed by atoms with Crippen LogP contribution in [0.3, 0.4) is 0 Å². The van der Waals surface area contributed by atoms with Gasteiger partial charge in [-0.05, 0) is 44.1 Å². The summed E-state index contributed by atoms with van der Waals surface area (Å²) in [7, 11) is 0. The second kappa shape index (κ2) is 6.50. The van der Waals surface area contributed by atoms with Gasteiger partial charge < -0.3 is 10.3 Å². The van der Waals surface area contributed by atoms with E-state index in [2.05, 4.69) is 17.7 Å². The topological polar surface area (TPSA) is 43.8 Å². The van der Waals surface area contributed by atoms with Crippen molar-refractivity contribution < 1.29 is 0 Å². The number of hydrogen-bond acceptors (Lipinski definition) is 3. The number of anilines is 1. The van der Waals surface area contributed by atoms with E-state index in [1.54, 1.807) is 0 Å². The number of nitrogens with zero attached hydrogens (tertiary/aromatic N) is 2. The van der Waals surface area contributed by atoms with E-state index >= 15 is 0 Å². The highest BCUT2D eigenvalue weighted by molar-refractivity contribution is 7.98. The van der Waals surface area contributed by atoms with Crippen LogP contribution in [0.1, 0.15) is 56.5 Å². The van der Waals surface area contributed by atoms with Gasteiger partial charge in [0.15, 0.2) is 0 Å². The lowest BCUT2D eigenvalue weighted by Crippen LogP contribution is -2.07. The van der Waals surface area contributed by atoms with Crippen LogP contribution in [0.4, 0.5) is 5.82 Å². The number of nitrogens with two attached hydrogens (primary N) is 1. The average Bonchev–Trinajstić information content (AvgIpc) is 3.15. The molecule has 1 heterocycles. The number of rotatable bonds is 8. The number of imidazole rings is 1. The third kappa shape index (κ3) is 3.22. The molecule has 0 unspecified atom stereocenters. The highest BCUT2D eigenvalue weighted by atomic mass is 32.2. The molecule has 1 aromatic rings. The van der Waals surface area contributed by atoms with E-state index < -0.39 is 0 Å². The first kappa shape index (κ1) is 13.8. The first-order chi connectivity index (χ1) is 8.77. The number of thioether (sulfide) groups is 1. The number of nitrogen functional groups attached to an aromatic ring is 1. The predicted molar refractivity (Wildman–Crippen MR) is 80.2 cm³/mol. The van der Waals surface area contributed by atoms with E-state index in [9.17, 15) is 0 Å². The van der Waals surface area contributed by atoms with Gasteiger partial charge in [-0.2, -0.15) is 11.8 Å². The van der Waals surface area contributed by atoms with E-state index in [4.69, 9.17) is 10.7 Å². The maximum Gasteiger partial charge on any atom is 0.126 e. The first-order valence-corrected chi connectivity index (χ1v) is 8.51. The standard InChI is InChI=1S/C14H25N3S/c1-3-4-9-17-13(15)12(6-5-10-18-2)16-14(17)11-7-8-11/h11H,3-10,15H2,1-2H3. The minimum absolute atomic E-state index is 0.693. The highest BCUT2D eigenvalue weighted by Gasteiger charge is 2.30. The highest BCUT2D eigenvalue weighted by Crippen LogP contribution is 2.41. The Bertz CT molecular complexity index is 383. The van der Waals surface area contributed by atoms with Crippen LogP contribution < -0.4 is 5.73 Å². The molecule has 102 valence electrons. The van der Waals surface area contributed by atoms with E-state index in [-0.39, 0.29) is 0 Å². The van der Waals surface area contributed by atoms with Gasteiger partial charge in [0.1, 0.15) is 11.6 Å². The van der Waals surface area contributed by atoms with Crippen molar-refractivity contribution in [3.63, 3.8) is 0 Å². The van der Waals surface area contributed by atoms with Crippen molar-refractivity contribution in [1.29, 1.82) is 0 Å². The zero-order chi connectivity index (χ0) is 13.0. The molecule has 0 bridgehead atoms. The number of unbranched alkanes of at least 4 members (excludes halogenated alkanes) is 1. The summed E-state index contributed by atoms with van der Waals surface area (Å²) in [4.78, 5) is 4.83. The molecule has 0 saturated heterocycles. The number of aryl methyl sites for hydroxylation is 1. The van der Waals surface area contributed by atoms with Crippen molar-refractivity contribution in [3.05, 3.63) is 11.5 Å². The minimum Gasteiger partial charge on any atom is -0.384 e. The molecule has 1 saturated carbocycles. The van der Waals surface area contributed by atoms with Gasteiger partial charge in [0.2, 0.25) is 0 Å². The van der Waals surface area contributed by atoms with E-state index in [0.717, 1.165) is 24.5 Å². The Morgan fingerprint density at radius 3 is 2.78 bits per heavy atom. The van der Waals surface area contributed by atoms with Gasteiger partial charge >= 0.3 is 0 Å². The lowest BCUT2D eigenvalue weighted by atomic mass is 10.2. The Morgan fingerprint density at radius 2 is 2.17 bits per heavy atom. The fourth-order valence-corrected chi connectivity index (χ4v) is 2.74. The summed E-state index contributed by atoms with van der Waals surface area (Å²) in [5.74, 6) is 4.09. The second-order valence-electron chi connectivity index (χ2n) is 5.18. The van der Waals surface area contributed by atoms with Gasteiger partial charge in [-0.25, -0.2) is 4.98 Å². The molecule has 0 atom stereocenters. The zero-order valence-electron chi connectivity index (χ0n) is 11.6. The number of hydrogen-bond donors (Lipinski definition) is 1. The number of aromatic nitrogens is 2. The zero-order valence-corrected chi connectivity index (χ0v) is 12.4. The van der Waals surface area contributed by atoms with Gasteiger partial charge in [-0.3, -0.25) is 0 Å². The second-order valence-corrected chi connectivity index (χ2v) is 6.16. The summed E-state index contributed by atoms with van der Waals surface area (Å²) >= 11 is 1.89. The molecule has 1 aliphatic carbocycles. The van der Waals surface area contributed by atoms with Crippen molar-refractivity contribution in [2.75, 3.05) is 17.7 Å². The molecule has 2 N–H and O–H groups in total. The van der Waals surface area contributed by atoms with Gasteiger partial charge in [-0.1, -0.05) is 13.3 Å². The van der Waals surface area contributed by atoms with Crippen molar-refractivity contribution in [2.45, 2.75) is 57.9 Å². The lowest BCUT2D eigenvalue weighted by Gasteiger charge is -2.08. The Labute approximate surface area is 115 Å². The molecule has 0 spiro atoms. The largest absolute Gasteiger partial charge is 0.384 e. The molecule has 0 aliphatic heterocycles. The Balaban J connectivity index is 2.09. The average molecular weight is 267 g/mol. The van der Waals surface area contributed by atoms with E-state index in [0.29, 0.717) is 5.92 Å². The molecule has 1 aromatic heterocycles.